The van der Waals surface area contributed by atoms with Crippen LogP contribution in [0, 0.1) is 0 Å². The molecular formula is C20H17Cl2N3O6S2. The second-order valence-corrected chi connectivity index (χ2v) is 10.7. The Morgan fingerprint density at radius 1 is 0.848 bits per heavy atom. The minimum absolute atomic E-state index is 0.0145. The van der Waals surface area contributed by atoms with Gasteiger partial charge in [0.15, 0.2) is 6.61 Å². The first-order valence-corrected chi connectivity index (χ1v) is 12.9. The highest BCUT2D eigenvalue weighted by Gasteiger charge is 2.17. The van der Waals surface area contributed by atoms with Gasteiger partial charge in [0.05, 0.1) is 14.8 Å². The van der Waals surface area contributed by atoms with E-state index >= 15 is 0 Å². The van der Waals surface area contributed by atoms with Gasteiger partial charge in [-0.2, -0.15) is 0 Å². The maximum Gasteiger partial charge on any atom is 0.262 e. The lowest BCUT2D eigenvalue weighted by atomic mass is 10.3. The lowest BCUT2D eigenvalue weighted by Gasteiger charge is -2.12. The summed E-state index contributed by atoms with van der Waals surface area (Å²) in [4.78, 5) is 11.9. The van der Waals surface area contributed by atoms with Crippen LogP contribution in [-0.2, 0) is 24.8 Å². The van der Waals surface area contributed by atoms with Crippen LogP contribution in [0.3, 0.4) is 0 Å². The number of sulfonamides is 2. The SMILES string of the molecule is NS(=O)(=O)c1ccc(NC(=O)COc2ccc(S(=O)(=O)Nc3ccc(Cl)cc3)cc2Cl)cc1. The minimum Gasteiger partial charge on any atom is -0.482 e. The number of hydrogen-bond acceptors (Lipinski definition) is 6. The summed E-state index contributed by atoms with van der Waals surface area (Å²) in [5, 5.41) is 7.99. The zero-order chi connectivity index (χ0) is 24.2. The van der Waals surface area contributed by atoms with E-state index in [1.54, 1.807) is 12.1 Å². The van der Waals surface area contributed by atoms with E-state index < -0.39 is 32.6 Å². The Labute approximate surface area is 200 Å². The number of carbonyl (C=O) groups excluding carboxylic acids is 1. The number of hydrogen-bond donors (Lipinski definition) is 3. The first-order chi connectivity index (χ1) is 15.4. The Bertz CT molecular complexity index is 1380. The Hall–Kier alpha value is -2.83. The van der Waals surface area contributed by atoms with E-state index in [4.69, 9.17) is 33.1 Å². The van der Waals surface area contributed by atoms with Crippen molar-refractivity contribution in [3.8, 4) is 5.75 Å². The van der Waals surface area contributed by atoms with Crippen molar-refractivity contribution in [3.63, 3.8) is 0 Å². The molecule has 3 aromatic carbocycles. The van der Waals surface area contributed by atoms with Crippen molar-refractivity contribution >= 4 is 60.5 Å². The van der Waals surface area contributed by atoms with Crippen LogP contribution >= 0.6 is 23.2 Å². The van der Waals surface area contributed by atoms with Gasteiger partial charge in [-0.25, -0.2) is 22.0 Å². The van der Waals surface area contributed by atoms with E-state index in [-0.39, 0.29) is 20.6 Å². The molecule has 0 saturated carbocycles. The van der Waals surface area contributed by atoms with E-state index in [2.05, 4.69) is 10.0 Å². The summed E-state index contributed by atoms with van der Waals surface area (Å²) < 4.78 is 55.4. The average Bonchev–Trinajstić information content (AvgIpc) is 2.74. The van der Waals surface area contributed by atoms with Crippen molar-refractivity contribution in [1.29, 1.82) is 0 Å². The summed E-state index contributed by atoms with van der Waals surface area (Å²) in [6.07, 6.45) is 0. The molecule has 0 unspecified atom stereocenters. The molecule has 0 heterocycles. The fourth-order valence-corrected chi connectivity index (χ4v) is 4.59. The first kappa shape index (κ1) is 24.8. The van der Waals surface area contributed by atoms with Crippen molar-refractivity contribution in [3.05, 3.63) is 76.8 Å². The number of rotatable bonds is 8. The van der Waals surface area contributed by atoms with Gasteiger partial charge in [-0.1, -0.05) is 23.2 Å². The smallest absolute Gasteiger partial charge is 0.262 e. The summed E-state index contributed by atoms with van der Waals surface area (Å²) in [5.74, 6) is -0.447. The molecule has 0 atom stereocenters. The highest BCUT2D eigenvalue weighted by Crippen LogP contribution is 2.28. The molecule has 0 aliphatic carbocycles. The molecule has 13 heteroatoms. The number of anilines is 2. The predicted molar refractivity (Wildman–Crippen MR) is 126 cm³/mol. The molecule has 1 amide bonds. The first-order valence-electron chi connectivity index (χ1n) is 9.07. The number of benzene rings is 3. The van der Waals surface area contributed by atoms with Gasteiger partial charge in [0, 0.05) is 16.4 Å². The van der Waals surface area contributed by atoms with Gasteiger partial charge in [-0.15, -0.1) is 0 Å². The maximum absolute atomic E-state index is 12.6. The molecule has 0 aromatic heterocycles. The zero-order valence-corrected chi connectivity index (χ0v) is 19.8. The van der Waals surface area contributed by atoms with Crippen molar-refractivity contribution in [1.82, 2.24) is 0 Å². The highest BCUT2D eigenvalue weighted by molar-refractivity contribution is 7.92. The summed E-state index contributed by atoms with van der Waals surface area (Å²) in [5.41, 5.74) is 0.654. The van der Waals surface area contributed by atoms with Crippen LogP contribution < -0.4 is 19.9 Å². The van der Waals surface area contributed by atoms with Crippen LogP contribution in [-0.4, -0.2) is 29.3 Å². The molecule has 0 saturated heterocycles. The van der Waals surface area contributed by atoms with E-state index in [1.165, 1.54) is 54.6 Å². The third-order valence-electron chi connectivity index (χ3n) is 4.14. The maximum atomic E-state index is 12.6. The van der Waals surface area contributed by atoms with Crippen molar-refractivity contribution in [2.24, 2.45) is 5.14 Å². The van der Waals surface area contributed by atoms with Gasteiger partial charge in [-0.05, 0) is 66.7 Å². The molecule has 4 N–H and O–H groups in total. The minimum atomic E-state index is -3.92. The molecule has 0 aliphatic heterocycles. The average molecular weight is 530 g/mol. The van der Waals surface area contributed by atoms with Crippen molar-refractivity contribution in [2.45, 2.75) is 9.79 Å². The lowest BCUT2D eigenvalue weighted by molar-refractivity contribution is -0.118. The topological polar surface area (TPSA) is 145 Å². The Kier molecular flexibility index (Phi) is 7.50. The molecule has 0 aliphatic rings. The second kappa shape index (κ2) is 9.98. The fraction of sp³-hybridized carbons (Fsp3) is 0.0500. The third-order valence-corrected chi connectivity index (χ3v) is 6.99. The van der Waals surface area contributed by atoms with Crippen LogP contribution in [0.15, 0.2) is 76.5 Å². The molecule has 9 nitrogen and oxygen atoms in total. The standard InChI is InChI=1S/C20H17Cl2N3O6S2/c21-13-1-3-15(4-2-13)25-33(29,30)17-9-10-19(18(22)11-17)31-12-20(26)24-14-5-7-16(8-6-14)32(23,27)28/h1-11,25H,12H2,(H,24,26)(H2,23,27,28). The predicted octanol–water partition coefficient (Wildman–Crippen LogP) is 3.46. The number of nitrogens with two attached hydrogens (primary N) is 1. The van der Waals surface area contributed by atoms with Crippen LogP contribution in [0.25, 0.3) is 0 Å². The van der Waals surface area contributed by atoms with Crippen LogP contribution in [0.5, 0.6) is 5.75 Å². The number of carbonyl (C=O) groups is 1. The van der Waals surface area contributed by atoms with Gasteiger partial charge < -0.3 is 10.1 Å². The molecule has 3 aromatic rings. The van der Waals surface area contributed by atoms with E-state index in [1.807, 2.05) is 0 Å². The Morgan fingerprint density at radius 3 is 2.00 bits per heavy atom. The van der Waals surface area contributed by atoms with Crippen LogP contribution in [0.1, 0.15) is 0 Å². The largest absolute Gasteiger partial charge is 0.482 e. The molecule has 174 valence electrons. The third kappa shape index (κ3) is 6.83. The molecule has 33 heavy (non-hydrogen) atoms. The zero-order valence-electron chi connectivity index (χ0n) is 16.7. The normalized spacial score (nSPS) is 11.6. The Morgan fingerprint density at radius 2 is 1.42 bits per heavy atom. The summed E-state index contributed by atoms with van der Waals surface area (Å²) >= 11 is 11.9. The fourth-order valence-electron chi connectivity index (χ4n) is 2.57. The van der Waals surface area contributed by atoms with Gasteiger partial charge in [0.2, 0.25) is 10.0 Å². The monoisotopic (exact) mass is 529 g/mol. The van der Waals surface area contributed by atoms with Gasteiger partial charge >= 0.3 is 0 Å². The summed E-state index contributed by atoms with van der Waals surface area (Å²) in [6.45, 7) is -0.425. The number of primary sulfonamides is 1. The lowest BCUT2D eigenvalue weighted by Crippen LogP contribution is -2.20. The van der Waals surface area contributed by atoms with Crippen molar-refractivity contribution < 1.29 is 26.4 Å². The molecule has 3 rings (SSSR count). The number of ether oxygens (including phenoxy) is 1. The number of nitrogens with one attached hydrogen (secondary N) is 2. The molecule has 0 radical (unpaired) electrons. The number of halogens is 2. The molecule has 0 spiro atoms. The van der Waals surface area contributed by atoms with Gasteiger partial charge in [0.1, 0.15) is 5.75 Å². The summed E-state index contributed by atoms with van der Waals surface area (Å²) in [7, 11) is -7.75. The van der Waals surface area contributed by atoms with E-state index in [0.717, 1.165) is 0 Å². The quantitative estimate of drug-likeness (QED) is 0.407. The Balaban J connectivity index is 1.61. The van der Waals surface area contributed by atoms with E-state index in [0.29, 0.717) is 16.4 Å². The van der Waals surface area contributed by atoms with Gasteiger partial charge in [0.25, 0.3) is 15.9 Å². The highest BCUT2D eigenvalue weighted by atomic mass is 35.5. The number of amides is 1. The molecule has 0 fully saturated rings. The van der Waals surface area contributed by atoms with Gasteiger partial charge in [-0.3, -0.25) is 9.52 Å². The summed E-state index contributed by atoms with van der Waals surface area (Å²) in [6, 6.07) is 15.2. The second-order valence-electron chi connectivity index (χ2n) is 6.61. The molecule has 0 bridgehead atoms. The molecular weight excluding hydrogens is 513 g/mol. The van der Waals surface area contributed by atoms with Crippen LogP contribution in [0.4, 0.5) is 11.4 Å². The van der Waals surface area contributed by atoms with Crippen molar-refractivity contribution in [2.75, 3.05) is 16.6 Å². The van der Waals surface area contributed by atoms with E-state index in [9.17, 15) is 21.6 Å². The van der Waals surface area contributed by atoms with Crippen LogP contribution in [0.2, 0.25) is 10.0 Å².